The zero-order valence-electron chi connectivity index (χ0n) is 12.3. The first kappa shape index (κ1) is 16.2. The third kappa shape index (κ3) is 4.66. The van der Waals surface area contributed by atoms with E-state index in [0.29, 0.717) is 6.54 Å². The van der Waals surface area contributed by atoms with Crippen LogP contribution in [-0.4, -0.2) is 31.4 Å². The molecule has 0 heterocycles. The molecule has 0 spiro atoms. The van der Waals surface area contributed by atoms with Gasteiger partial charge in [0.15, 0.2) is 0 Å². The maximum Gasteiger partial charge on any atom is 0.239 e. The van der Waals surface area contributed by atoms with Gasteiger partial charge in [-0.05, 0) is 18.1 Å². The minimum Gasteiger partial charge on any atom is -0.354 e. The SMILES string of the molecule is Cc1ccccc1C(C)(C)CNC(=O)CNC(=O)CN. The number of nitrogens with one attached hydrogen (secondary N) is 2. The number of aryl methyl sites for hydroxylation is 1. The lowest BCUT2D eigenvalue weighted by Crippen LogP contribution is -2.43. The van der Waals surface area contributed by atoms with E-state index in [1.54, 1.807) is 0 Å². The van der Waals surface area contributed by atoms with Crippen LogP contribution in [0.5, 0.6) is 0 Å². The molecule has 1 aromatic rings. The minimum absolute atomic E-state index is 0.0418. The van der Waals surface area contributed by atoms with Crippen molar-refractivity contribution in [2.45, 2.75) is 26.2 Å². The first-order valence-electron chi connectivity index (χ1n) is 6.66. The molecule has 5 heteroatoms. The number of rotatable bonds is 6. The van der Waals surface area contributed by atoms with Crippen LogP contribution >= 0.6 is 0 Å². The maximum absolute atomic E-state index is 11.7. The van der Waals surface area contributed by atoms with Crippen LogP contribution in [0, 0.1) is 6.92 Å². The molecule has 0 saturated heterocycles. The Kier molecular flexibility index (Phi) is 5.70. The number of carbonyl (C=O) groups is 2. The molecule has 0 fully saturated rings. The second-order valence-electron chi connectivity index (χ2n) is 5.46. The molecule has 0 aliphatic carbocycles. The highest BCUT2D eigenvalue weighted by atomic mass is 16.2. The minimum atomic E-state index is -0.335. The van der Waals surface area contributed by atoms with Gasteiger partial charge in [-0.15, -0.1) is 0 Å². The van der Waals surface area contributed by atoms with E-state index in [9.17, 15) is 9.59 Å². The molecule has 0 bridgehead atoms. The summed E-state index contributed by atoms with van der Waals surface area (Å²) < 4.78 is 0. The zero-order chi connectivity index (χ0) is 15.2. The summed E-state index contributed by atoms with van der Waals surface area (Å²) in [5.74, 6) is -0.549. The number of nitrogens with two attached hydrogens (primary N) is 1. The van der Waals surface area contributed by atoms with Crippen LogP contribution in [0.15, 0.2) is 24.3 Å². The second kappa shape index (κ2) is 7.05. The molecule has 0 radical (unpaired) electrons. The number of benzene rings is 1. The molecule has 1 rings (SSSR count). The van der Waals surface area contributed by atoms with Gasteiger partial charge < -0.3 is 16.4 Å². The maximum atomic E-state index is 11.7. The van der Waals surface area contributed by atoms with Gasteiger partial charge in [-0.25, -0.2) is 0 Å². The highest BCUT2D eigenvalue weighted by molar-refractivity contribution is 5.85. The van der Waals surface area contributed by atoms with Crippen molar-refractivity contribution in [1.29, 1.82) is 0 Å². The Morgan fingerprint density at radius 2 is 1.80 bits per heavy atom. The van der Waals surface area contributed by atoms with Crippen LogP contribution in [0.2, 0.25) is 0 Å². The highest BCUT2D eigenvalue weighted by Crippen LogP contribution is 2.25. The van der Waals surface area contributed by atoms with E-state index in [1.165, 1.54) is 11.1 Å². The summed E-state index contributed by atoms with van der Waals surface area (Å²) in [7, 11) is 0. The van der Waals surface area contributed by atoms with Crippen LogP contribution in [0.25, 0.3) is 0 Å². The van der Waals surface area contributed by atoms with Crippen molar-refractivity contribution < 1.29 is 9.59 Å². The topological polar surface area (TPSA) is 84.2 Å². The largest absolute Gasteiger partial charge is 0.354 e. The van der Waals surface area contributed by atoms with Crippen LogP contribution < -0.4 is 16.4 Å². The average Bonchev–Trinajstić information content (AvgIpc) is 2.42. The van der Waals surface area contributed by atoms with Crippen molar-refractivity contribution in [3.63, 3.8) is 0 Å². The highest BCUT2D eigenvalue weighted by Gasteiger charge is 2.22. The molecule has 5 nitrogen and oxygen atoms in total. The van der Waals surface area contributed by atoms with Crippen LogP contribution in [0.3, 0.4) is 0 Å². The molecule has 110 valence electrons. The van der Waals surface area contributed by atoms with Gasteiger partial charge in [0.1, 0.15) is 0 Å². The molecular weight excluding hydrogens is 254 g/mol. The van der Waals surface area contributed by atoms with Crippen LogP contribution in [-0.2, 0) is 15.0 Å². The molecule has 20 heavy (non-hydrogen) atoms. The molecule has 0 aromatic heterocycles. The van der Waals surface area contributed by atoms with Crippen LogP contribution in [0.1, 0.15) is 25.0 Å². The Hall–Kier alpha value is -1.88. The molecule has 0 saturated carbocycles. The van der Waals surface area contributed by atoms with E-state index < -0.39 is 0 Å². The summed E-state index contributed by atoms with van der Waals surface area (Å²) in [5, 5.41) is 5.28. The Labute approximate surface area is 119 Å². The fourth-order valence-electron chi connectivity index (χ4n) is 2.06. The summed E-state index contributed by atoms with van der Waals surface area (Å²) in [4.78, 5) is 22.6. The number of hydrogen-bond donors (Lipinski definition) is 3. The van der Waals surface area contributed by atoms with Crippen molar-refractivity contribution >= 4 is 11.8 Å². The predicted octanol–water partition coefficient (Wildman–Crippen LogP) is 0.464. The lowest BCUT2D eigenvalue weighted by molar-refractivity contribution is -0.125. The first-order chi connectivity index (χ1) is 9.36. The number of amides is 2. The zero-order valence-corrected chi connectivity index (χ0v) is 12.3. The van der Waals surface area contributed by atoms with Crippen molar-refractivity contribution in [1.82, 2.24) is 10.6 Å². The van der Waals surface area contributed by atoms with Gasteiger partial charge in [-0.3, -0.25) is 9.59 Å². The van der Waals surface area contributed by atoms with Crippen molar-refractivity contribution in [3.05, 3.63) is 35.4 Å². The summed E-state index contributed by atoms with van der Waals surface area (Å²) in [6, 6.07) is 8.11. The smallest absolute Gasteiger partial charge is 0.239 e. The van der Waals surface area contributed by atoms with Crippen molar-refractivity contribution in [2.75, 3.05) is 19.6 Å². The predicted molar refractivity (Wildman–Crippen MR) is 79.3 cm³/mol. The lowest BCUT2D eigenvalue weighted by atomic mass is 9.82. The van der Waals surface area contributed by atoms with E-state index >= 15 is 0 Å². The van der Waals surface area contributed by atoms with E-state index in [1.807, 2.05) is 12.1 Å². The Bertz CT molecular complexity index is 484. The summed E-state index contributed by atoms with van der Waals surface area (Å²) >= 11 is 0. The Morgan fingerprint density at radius 1 is 1.15 bits per heavy atom. The molecule has 0 atom stereocenters. The van der Waals surface area contributed by atoms with Crippen molar-refractivity contribution in [2.24, 2.45) is 5.73 Å². The van der Waals surface area contributed by atoms with Gasteiger partial charge >= 0.3 is 0 Å². The molecule has 0 aliphatic rings. The van der Waals surface area contributed by atoms with Crippen LogP contribution in [0.4, 0.5) is 0 Å². The number of carbonyl (C=O) groups excluding carboxylic acids is 2. The Morgan fingerprint density at radius 3 is 2.40 bits per heavy atom. The number of hydrogen-bond acceptors (Lipinski definition) is 3. The molecule has 0 unspecified atom stereocenters. The van der Waals surface area contributed by atoms with Gasteiger partial charge in [0.05, 0.1) is 13.1 Å². The summed E-state index contributed by atoms with van der Waals surface area (Å²) in [6.45, 7) is 6.57. The Balaban J connectivity index is 2.53. The van der Waals surface area contributed by atoms with E-state index in [0.717, 1.165) is 0 Å². The fourth-order valence-corrected chi connectivity index (χ4v) is 2.06. The first-order valence-corrected chi connectivity index (χ1v) is 6.66. The monoisotopic (exact) mass is 277 g/mol. The van der Waals surface area contributed by atoms with Crippen molar-refractivity contribution in [3.8, 4) is 0 Å². The van der Waals surface area contributed by atoms with Gasteiger partial charge in [0.25, 0.3) is 0 Å². The normalized spacial score (nSPS) is 11.0. The molecular formula is C15H23N3O2. The fraction of sp³-hybridized carbons (Fsp3) is 0.467. The molecule has 0 aliphatic heterocycles. The average molecular weight is 277 g/mol. The second-order valence-corrected chi connectivity index (χ2v) is 5.46. The molecule has 1 aromatic carbocycles. The summed E-state index contributed by atoms with van der Waals surface area (Å²) in [6.07, 6.45) is 0. The van der Waals surface area contributed by atoms with Gasteiger partial charge in [-0.1, -0.05) is 38.1 Å². The van der Waals surface area contributed by atoms with Gasteiger partial charge in [0, 0.05) is 12.0 Å². The lowest BCUT2D eigenvalue weighted by Gasteiger charge is -2.27. The quantitative estimate of drug-likeness (QED) is 0.706. The molecule has 4 N–H and O–H groups in total. The third-order valence-corrected chi connectivity index (χ3v) is 3.23. The van der Waals surface area contributed by atoms with E-state index in [4.69, 9.17) is 5.73 Å². The standard InChI is InChI=1S/C15H23N3O2/c1-11-6-4-5-7-12(11)15(2,3)10-18-14(20)9-17-13(19)8-16/h4-7H,8-10,16H2,1-3H3,(H,17,19)(H,18,20). The van der Waals surface area contributed by atoms with E-state index in [-0.39, 0.29) is 30.3 Å². The van der Waals surface area contributed by atoms with Gasteiger partial charge in [0.2, 0.25) is 11.8 Å². The molecule has 2 amide bonds. The van der Waals surface area contributed by atoms with E-state index in [2.05, 4.69) is 43.5 Å². The third-order valence-electron chi connectivity index (χ3n) is 3.23. The van der Waals surface area contributed by atoms with Gasteiger partial charge in [-0.2, -0.15) is 0 Å². The summed E-state index contributed by atoms with van der Waals surface area (Å²) in [5.41, 5.74) is 7.38.